The zero-order valence-electron chi connectivity index (χ0n) is 13.3. The smallest absolute Gasteiger partial charge is 0.247 e. The second-order valence-corrected chi connectivity index (χ2v) is 8.49. The molecule has 0 N–H and O–H groups in total. The van der Waals surface area contributed by atoms with E-state index in [0.717, 1.165) is 11.5 Å². The fraction of sp³-hybridized carbons (Fsp3) is 0.100. The molecule has 3 heterocycles. The molecule has 3 aliphatic heterocycles. The molecule has 0 atom stereocenters. The van der Waals surface area contributed by atoms with Gasteiger partial charge in [0.25, 0.3) is 0 Å². The maximum atomic E-state index is 6.04. The summed E-state index contributed by atoms with van der Waals surface area (Å²) in [6, 6.07) is 19.7. The number of ether oxygens (including phenoxy) is 2. The van der Waals surface area contributed by atoms with Crippen LogP contribution in [-0.2, 0) is 0 Å². The molecule has 3 aliphatic rings. The average Bonchev–Trinajstić information content (AvgIpc) is 2.67. The standard InChI is InChI=1S/C20H13BO2S2/c1-3-7-15-12(5-1)21-13-6-2-4-8-16(13)25-20-18(21)17(24-15)11-14-19(20)23-10-9-22-14/h1-8,11H,9-10H2. The first-order chi connectivity index (χ1) is 12.4. The Morgan fingerprint density at radius 2 is 1.44 bits per heavy atom. The Kier molecular flexibility index (Phi) is 2.99. The molecule has 0 spiro atoms. The minimum atomic E-state index is 0.274. The highest BCUT2D eigenvalue weighted by Crippen LogP contribution is 2.47. The van der Waals surface area contributed by atoms with Gasteiger partial charge in [0.1, 0.15) is 13.2 Å². The average molecular weight is 360 g/mol. The molecule has 0 unspecified atom stereocenters. The summed E-state index contributed by atoms with van der Waals surface area (Å²) in [5, 5.41) is 0. The molecule has 6 rings (SSSR count). The molecule has 0 fully saturated rings. The van der Waals surface area contributed by atoms with E-state index >= 15 is 0 Å². The summed E-state index contributed by atoms with van der Waals surface area (Å²) < 4.78 is 12.0. The topological polar surface area (TPSA) is 18.5 Å². The van der Waals surface area contributed by atoms with Gasteiger partial charge in [-0.3, -0.25) is 0 Å². The Morgan fingerprint density at radius 3 is 2.24 bits per heavy atom. The van der Waals surface area contributed by atoms with Crippen molar-refractivity contribution in [2.45, 2.75) is 19.6 Å². The maximum absolute atomic E-state index is 6.04. The van der Waals surface area contributed by atoms with Crippen LogP contribution in [0.4, 0.5) is 0 Å². The summed E-state index contributed by atoms with van der Waals surface area (Å²) in [5.74, 6) is 1.81. The van der Waals surface area contributed by atoms with Crippen molar-refractivity contribution in [3.63, 3.8) is 0 Å². The highest BCUT2D eigenvalue weighted by atomic mass is 32.2. The molecule has 0 saturated heterocycles. The number of rotatable bonds is 0. The van der Waals surface area contributed by atoms with Crippen molar-refractivity contribution in [1.29, 1.82) is 0 Å². The van der Waals surface area contributed by atoms with E-state index in [0.29, 0.717) is 13.2 Å². The predicted molar refractivity (Wildman–Crippen MR) is 103 cm³/mol. The minimum Gasteiger partial charge on any atom is -0.486 e. The predicted octanol–water partition coefficient (Wildman–Crippen LogP) is 2.90. The summed E-state index contributed by atoms with van der Waals surface area (Å²) in [5.41, 5.74) is 4.17. The van der Waals surface area contributed by atoms with Crippen LogP contribution in [0.1, 0.15) is 0 Å². The van der Waals surface area contributed by atoms with E-state index in [-0.39, 0.29) is 6.71 Å². The molecule has 25 heavy (non-hydrogen) atoms. The largest absolute Gasteiger partial charge is 0.486 e. The fourth-order valence-corrected chi connectivity index (χ4v) is 6.45. The fourth-order valence-electron chi connectivity index (χ4n) is 3.94. The first kappa shape index (κ1) is 14.2. The molecule has 0 saturated carbocycles. The zero-order valence-corrected chi connectivity index (χ0v) is 15.0. The van der Waals surface area contributed by atoms with Crippen LogP contribution < -0.4 is 25.9 Å². The molecule has 0 radical (unpaired) electrons. The van der Waals surface area contributed by atoms with Gasteiger partial charge in [-0.15, -0.1) is 0 Å². The van der Waals surface area contributed by atoms with E-state index in [1.165, 1.54) is 36.0 Å². The van der Waals surface area contributed by atoms with Crippen LogP contribution in [0.15, 0.2) is 74.2 Å². The van der Waals surface area contributed by atoms with Gasteiger partial charge in [0, 0.05) is 14.7 Å². The van der Waals surface area contributed by atoms with Gasteiger partial charge < -0.3 is 9.47 Å². The van der Waals surface area contributed by atoms with Crippen molar-refractivity contribution >= 4 is 46.6 Å². The van der Waals surface area contributed by atoms with Crippen LogP contribution in [0.25, 0.3) is 0 Å². The molecular weight excluding hydrogens is 347 g/mol. The van der Waals surface area contributed by atoms with Gasteiger partial charge in [0.05, 0.1) is 4.90 Å². The van der Waals surface area contributed by atoms with E-state index < -0.39 is 0 Å². The van der Waals surface area contributed by atoms with E-state index in [2.05, 4.69) is 54.6 Å². The Hall–Kier alpha value is -1.98. The van der Waals surface area contributed by atoms with Crippen molar-refractivity contribution in [2.75, 3.05) is 13.2 Å². The number of fused-ring (bicyclic) bond motifs is 6. The molecule has 120 valence electrons. The number of benzene rings is 3. The third kappa shape index (κ3) is 1.97. The molecule has 2 nitrogen and oxygen atoms in total. The van der Waals surface area contributed by atoms with Crippen molar-refractivity contribution in [2.24, 2.45) is 0 Å². The van der Waals surface area contributed by atoms with E-state index in [4.69, 9.17) is 9.47 Å². The van der Waals surface area contributed by atoms with Gasteiger partial charge in [-0.2, -0.15) is 0 Å². The normalized spacial score (nSPS) is 15.9. The van der Waals surface area contributed by atoms with Gasteiger partial charge >= 0.3 is 0 Å². The summed E-state index contributed by atoms with van der Waals surface area (Å²) in [7, 11) is 0. The zero-order chi connectivity index (χ0) is 16.4. The van der Waals surface area contributed by atoms with E-state index in [9.17, 15) is 0 Å². The highest BCUT2D eigenvalue weighted by molar-refractivity contribution is 8.01. The molecule has 0 aromatic heterocycles. The van der Waals surface area contributed by atoms with Crippen LogP contribution in [-0.4, -0.2) is 19.9 Å². The van der Waals surface area contributed by atoms with Gasteiger partial charge in [-0.1, -0.05) is 70.8 Å². The second kappa shape index (κ2) is 5.26. The number of hydrogen-bond donors (Lipinski definition) is 0. The third-order valence-electron chi connectivity index (χ3n) is 4.97. The van der Waals surface area contributed by atoms with E-state index in [1.54, 1.807) is 0 Å². The Balaban J connectivity index is 1.70. The van der Waals surface area contributed by atoms with Crippen LogP contribution in [0.5, 0.6) is 11.5 Å². The van der Waals surface area contributed by atoms with Gasteiger partial charge in [-0.05, 0) is 23.7 Å². The molecule has 0 aliphatic carbocycles. The highest BCUT2D eigenvalue weighted by Gasteiger charge is 2.40. The third-order valence-corrected chi connectivity index (χ3v) is 7.32. The first-order valence-electron chi connectivity index (χ1n) is 8.40. The SMILES string of the molecule is c1ccc2c(c1)Sc1cc3c(c4c1B2c1ccccc1S4)OCCO3. The second-order valence-electron chi connectivity index (χ2n) is 6.35. The van der Waals surface area contributed by atoms with Crippen LogP contribution >= 0.6 is 23.5 Å². The van der Waals surface area contributed by atoms with Crippen molar-refractivity contribution in [3.05, 3.63) is 54.6 Å². The quantitative estimate of drug-likeness (QED) is 0.395. The van der Waals surface area contributed by atoms with Crippen LogP contribution in [0.2, 0.25) is 0 Å². The molecular formula is C20H13BO2S2. The Morgan fingerprint density at radius 1 is 0.760 bits per heavy atom. The van der Waals surface area contributed by atoms with Crippen molar-refractivity contribution < 1.29 is 9.47 Å². The lowest BCUT2D eigenvalue weighted by molar-refractivity contribution is 0.167. The van der Waals surface area contributed by atoms with Gasteiger partial charge in [0.15, 0.2) is 11.5 Å². The minimum absolute atomic E-state index is 0.274. The number of hydrogen-bond acceptors (Lipinski definition) is 4. The van der Waals surface area contributed by atoms with Crippen molar-refractivity contribution in [1.82, 2.24) is 0 Å². The molecule has 0 amide bonds. The Bertz CT molecular complexity index is 1020. The summed E-state index contributed by atoms with van der Waals surface area (Å²) in [6.45, 7) is 1.52. The van der Waals surface area contributed by atoms with Crippen molar-refractivity contribution in [3.8, 4) is 11.5 Å². The summed E-state index contributed by atoms with van der Waals surface area (Å²) in [6.07, 6.45) is 0. The van der Waals surface area contributed by atoms with Crippen LogP contribution in [0, 0.1) is 0 Å². The van der Waals surface area contributed by atoms with E-state index in [1.807, 2.05) is 23.5 Å². The lowest BCUT2D eigenvalue weighted by atomic mass is 9.36. The first-order valence-corrected chi connectivity index (χ1v) is 10.0. The monoisotopic (exact) mass is 360 g/mol. The summed E-state index contributed by atoms with van der Waals surface area (Å²) >= 11 is 3.67. The Labute approximate surface area is 155 Å². The lowest BCUT2D eigenvalue weighted by Crippen LogP contribution is -2.58. The molecule has 0 bridgehead atoms. The van der Waals surface area contributed by atoms with Gasteiger partial charge in [-0.25, -0.2) is 0 Å². The molecule has 3 aromatic rings. The lowest BCUT2D eigenvalue weighted by Gasteiger charge is -2.35. The van der Waals surface area contributed by atoms with Gasteiger partial charge in [0.2, 0.25) is 6.71 Å². The van der Waals surface area contributed by atoms with Crippen LogP contribution in [0.3, 0.4) is 0 Å². The molecule has 3 aromatic carbocycles. The maximum Gasteiger partial charge on any atom is 0.247 e. The molecule has 5 heteroatoms. The summed E-state index contributed by atoms with van der Waals surface area (Å²) in [4.78, 5) is 5.18.